The summed E-state index contributed by atoms with van der Waals surface area (Å²) in [6, 6.07) is 6.45. The Morgan fingerprint density at radius 1 is 1.00 bits per heavy atom. The quantitative estimate of drug-likeness (QED) is 0.654. The molecule has 166 valence electrons. The summed E-state index contributed by atoms with van der Waals surface area (Å²) in [6.07, 6.45) is 4.79. The minimum atomic E-state index is 0.701. The van der Waals surface area contributed by atoms with E-state index in [-0.39, 0.29) is 0 Å². The normalized spacial score (nSPS) is 19.1. The molecule has 0 bridgehead atoms. The molecule has 3 aromatic rings. The van der Waals surface area contributed by atoms with Gasteiger partial charge in [0, 0.05) is 64.0 Å². The number of hydrogen-bond donors (Lipinski definition) is 1. The van der Waals surface area contributed by atoms with Gasteiger partial charge in [-0.2, -0.15) is 10.1 Å². The third kappa shape index (κ3) is 3.76. The average molecular weight is 433 g/mol. The molecule has 2 fully saturated rings. The topological polar surface area (TPSA) is 83.7 Å². The zero-order valence-corrected chi connectivity index (χ0v) is 18.2. The molecule has 2 saturated heterocycles. The van der Waals surface area contributed by atoms with Crippen LogP contribution < -0.4 is 10.2 Å². The summed E-state index contributed by atoms with van der Waals surface area (Å²) in [5.41, 5.74) is 5.18. The minimum absolute atomic E-state index is 0.701. The molecule has 0 spiro atoms. The number of piperazine rings is 1. The van der Waals surface area contributed by atoms with Crippen LogP contribution in [0.5, 0.6) is 0 Å². The zero-order chi connectivity index (χ0) is 21.3. The van der Waals surface area contributed by atoms with Crippen LogP contribution in [0.25, 0.3) is 22.3 Å². The summed E-state index contributed by atoms with van der Waals surface area (Å²) in [5, 5.41) is 9.13. The van der Waals surface area contributed by atoms with Crippen molar-refractivity contribution in [3.05, 3.63) is 30.0 Å². The summed E-state index contributed by atoms with van der Waals surface area (Å²) in [5.74, 6) is 0.753. The largest absolute Gasteiger partial charge is 0.378 e. The molecule has 5 heterocycles. The highest BCUT2D eigenvalue weighted by Crippen LogP contribution is 2.33. The SMILES string of the molecule is C1=Nc2cc(-c3nc(N4CCOCC4)nc4c3cnn4CCN3CCNCC3)ccc2C1. The molecule has 9 heteroatoms. The maximum Gasteiger partial charge on any atom is 0.228 e. The number of nitrogens with one attached hydrogen (secondary N) is 1. The van der Waals surface area contributed by atoms with Crippen LogP contribution in [0, 0.1) is 0 Å². The standard InChI is InChI=1S/C23H28N8O/c1-2-18(15-20-17(1)3-4-25-20)21-19-16-26-31(10-9-29-7-5-24-6-8-29)22(19)28-23(27-21)30-11-13-32-14-12-30/h1-2,4,15-16,24H,3,5-14H2. The van der Waals surface area contributed by atoms with Crippen molar-refractivity contribution in [3.8, 4) is 11.3 Å². The van der Waals surface area contributed by atoms with E-state index in [1.807, 2.05) is 17.1 Å². The predicted octanol–water partition coefficient (Wildman–Crippen LogP) is 1.49. The van der Waals surface area contributed by atoms with Gasteiger partial charge < -0.3 is 15.0 Å². The lowest BCUT2D eigenvalue weighted by atomic mass is 10.0. The third-order valence-corrected chi connectivity index (χ3v) is 6.52. The van der Waals surface area contributed by atoms with Gasteiger partial charge in [0.25, 0.3) is 0 Å². The van der Waals surface area contributed by atoms with Crippen molar-refractivity contribution in [2.24, 2.45) is 4.99 Å². The van der Waals surface area contributed by atoms with E-state index in [1.54, 1.807) is 0 Å². The van der Waals surface area contributed by atoms with Crippen molar-refractivity contribution < 1.29 is 4.74 Å². The minimum Gasteiger partial charge on any atom is -0.378 e. The molecule has 0 aliphatic carbocycles. The number of benzene rings is 1. The van der Waals surface area contributed by atoms with Gasteiger partial charge in [-0.3, -0.25) is 9.89 Å². The second-order valence-corrected chi connectivity index (χ2v) is 8.53. The first kappa shape index (κ1) is 19.8. The van der Waals surface area contributed by atoms with Gasteiger partial charge in [-0.15, -0.1) is 0 Å². The first-order valence-electron chi connectivity index (χ1n) is 11.5. The van der Waals surface area contributed by atoms with E-state index in [0.29, 0.717) is 13.2 Å². The number of anilines is 1. The van der Waals surface area contributed by atoms with Crippen LogP contribution in [0.15, 0.2) is 29.4 Å². The Morgan fingerprint density at radius 2 is 1.88 bits per heavy atom. The van der Waals surface area contributed by atoms with E-state index in [2.05, 4.69) is 38.3 Å². The summed E-state index contributed by atoms with van der Waals surface area (Å²) in [6.45, 7) is 9.04. The summed E-state index contributed by atoms with van der Waals surface area (Å²) >= 11 is 0. The van der Waals surface area contributed by atoms with Crippen molar-refractivity contribution in [2.75, 3.05) is 63.9 Å². The lowest BCUT2D eigenvalue weighted by Gasteiger charge is -2.27. The number of morpholine rings is 1. The van der Waals surface area contributed by atoms with Gasteiger partial charge in [0.2, 0.25) is 5.95 Å². The maximum atomic E-state index is 5.55. The van der Waals surface area contributed by atoms with Crippen LogP contribution >= 0.6 is 0 Å². The molecule has 0 radical (unpaired) electrons. The van der Waals surface area contributed by atoms with E-state index in [0.717, 1.165) is 92.7 Å². The van der Waals surface area contributed by atoms with Gasteiger partial charge in [0.05, 0.1) is 42.7 Å². The molecule has 2 aromatic heterocycles. The molecule has 0 amide bonds. The Balaban J connectivity index is 1.39. The molecule has 1 N–H and O–H groups in total. The van der Waals surface area contributed by atoms with Crippen LogP contribution in [0.4, 0.5) is 11.6 Å². The Morgan fingerprint density at radius 3 is 2.75 bits per heavy atom. The molecule has 32 heavy (non-hydrogen) atoms. The molecular formula is C23H28N8O. The second kappa shape index (κ2) is 8.57. The van der Waals surface area contributed by atoms with Crippen LogP contribution in [0.2, 0.25) is 0 Å². The number of rotatable bonds is 5. The van der Waals surface area contributed by atoms with Crippen LogP contribution in [0.1, 0.15) is 5.56 Å². The molecule has 9 nitrogen and oxygen atoms in total. The number of hydrogen-bond acceptors (Lipinski definition) is 8. The van der Waals surface area contributed by atoms with E-state index in [9.17, 15) is 0 Å². The first-order valence-corrected chi connectivity index (χ1v) is 11.5. The van der Waals surface area contributed by atoms with Gasteiger partial charge in [-0.05, 0) is 11.6 Å². The molecule has 1 aromatic carbocycles. The van der Waals surface area contributed by atoms with E-state index >= 15 is 0 Å². The Hall–Kier alpha value is -2.88. The van der Waals surface area contributed by atoms with Gasteiger partial charge in [0.15, 0.2) is 5.65 Å². The van der Waals surface area contributed by atoms with Crippen LogP contribution in [0.3, 0.4) is 0 Å². The third-order valence-electron chi connectivity index (χ3n) is 6.52. The van der Waals surface area contributed by atoms with E-state index in [1.165, 1.54) is 5.56 Å². The van der Waals surface area contributed by atoms with Crippen LogP contribution in [-0.2, 0) is 17.7 Å². The first-order chi connectivity index (χ1) is 15.8. The second-order valence-electron chi connectivity index (χ2n) is 8.53. The Bertz CT molecular complexity index is 1140. The van der Waals surface area contributed by atoms with Crippen molar-refractivity contribution in [1.29, 1.82) is 0 Å². The van der Waals surface area contributed by atoms with Crippen molar-refractivity contribution in [2.45, 2.75) is 13.0 Å². The smallest absolute Gasteiger partial charge is 0.228 e. The van der Waals surface area contributed by atoms with E-state index in [4.69, 9.17) is 19.8 Å². The van der Waals surface area contributed by atoms with Gasteiger partial charge in [-0.25, -0.2) is 9.67 Å². The molecule has 6 rings (SSSR count). The van der Waals surface area contributed by atoms with Crippen molar-refractivity contribution in [1.82, 2.24) is 30.0 Å². The van der Waals surface area contributed by atoms with Crippen molar-refractivity contribution >= 4 is 28.9 Å². The molecular weight excluding hydrogens is 404 g/mol. The highest BCUT2D eigenvalue weighted by atomic mass is 16.5. The summed E-state index contributed by atoms with van der Waals surface area (Å²) < 4.78 is 7.59. The predicted molar refractivity (Wildman–Crippen MR) is 125 cm³/mol. The highest BCUT2D eigenvalue weighted by Gasteiger charge is 2.21. The molecule has 3 aliphatic heterocycles. The van der Waals surface area contributed by atoms with Crippen LogP contribution in [-0.4, -0.2) is 89.9 Å². The zero-order valence-electron chi connectivity index (χ0n) is 18.2. The molecule has 3 aliphatic rings. The fraction of sp³-hybridized carbons (Fsp3) is 0.478. The van der Waals surface area contributed by atoms with Gasteiger partial charge in [0.1, 0.15) is 0 Å². The number of fused-ring (bicyclic) bond motifs is 2. The lowest BCUT2D eigenvalue weighted by Crippen LogP contribution is -2.44. The summed E-state index contributed by atoms with van der Waals surface area (Å²) in [7, 11) is 0. The average Bonchev–Trinajstić information content (AvgIpc) is 3.50. The van der Waals surface area contributed by atoms with Gasteiger partial charge in [-0.1, -0.05) is 12.1 Å². The van der Waals surface area contributed by atoms with Crippen molar-refractivity contribution in [3.63, 3.8) is 0 Å². The Kier molecular flexibility index (Phi) is 5.30. The Labute approximate surface area is 187 Å². The molecule has 0 unspecified atom stereocenters. The number of ether oxygens (including phenoxy) is 1. The fourth-order valence-corrected chi connectivity index (χ4v) is 4.65. The molecule has 0 saturated carbocycles. The van der Waals surface area contributed by atoms with Gasteiger partial charge >= 0.3 is 0 Å². The number of nitrogens with zero attached hydrogens (tertiary/aromatic N) is 7. The monoisotopic (exact) mass is 432 g/mol. The maximum absolute atomic E-state index is 5.55. The summed E-state index contributed by atoms with van der Waals surface area (Å²) in [4.78, 5) is 19.2. The lowest BCUT2D eigenvalue weighted by molar-refractivity contribution is 0.122. The van der Waals surface area contributed by atoms with E-state index < -0.39 is 0 Å². The molecule has 0 atom stereocenters. The highest BCUT2D eigenvalue weighted by molar-refractivity contribution is 5.92. The number of aliphatic imine (C=N–C) groups is 1. The number of aromatic nitrogens is 4. The fourth-order valence-electron chi connectivity index (χ4n) is 4.65.